The number of guanidine groups is 1. The van der Waals surface area contributed by atoms with Crippen LogP contribution >= 0.6 is 0 Å². The highest BCUT2D eigenvalue weighted by atomic mass is 16.5. The fourth-order valence-electron chi connectivity index (χ4n) is 3.18. The van der Waals surface area contributed by atoms with Gasteiger partial charge in [0.05, 0.1) is 6.54 Å². The quantitative estimate of drug-likeness (QED) is 0.510. The van der Waals surface area contributed by atoms with E-state index < -0.39 is 0 Å². The standard InChI is InChI=1S/C21H37N5O/c1-5-22-21(23-10-11-26-14-12-25(6-2)13-15-26)24-17-19(4)27-20-9-7-8-18(3)16-20/h7-9,16,19H,5-6,10-15,17H2,1-4H3,(H2,22,23,24). The Morgan fingerprint density at radius 2 is 1.89 bits per heavy atom. The number of aliphatic imine (C=N–C) groups is 1. The third-order valence-electron chi connectivity index (χ3n) is 4.81. The summed E-state index contributed by atoms with van der Waals surface area (Å²) in [5.74, 6) is 1.77. The van der Waals surface area contributed by atoms with Crippen LogP contribution < -0.4 is 15.4 Å². The monoisotopic (exact) mass is 375 g/mol. The molecule has 1 unspecified atom stereocenters. The van der Waals surface area contributed by atoms with E-state index in [2.05, 4.69) is 65.3 Å². The molecule has 1 aliphatic rings. The number of hydrogen-bond acceptors (Lipinski definition) is 4. The molecule has 27 heavy (non-hydrogen) atoms. The zero-order valence-corrected chi connectivity index (χ0v) is 17.5. The van der Waals surface area contributed by atoms with Crippen molar-refractivity contribution in [2.75, 3.05) is 58.9 Å². The number of aryl methyl sites for hydroxylation is 1. The highest BCUT2D eigenvalue weighted by molar-refractivity contribution is 5.79. The maximum atomic E-state index is 5.97. The van der Waals surface area contributed by atoms with Crippen molar-refractivity contribution in [3.8, 4) is 5.75 Å². The van der Waals surface area contributed by atoms with Crippen molar-refractivity contribution < 1.29 is 4.74 Å². The van der Waals surface area contributed by atoms with Crippen LogP contribution in [0.15, 0.2) is 29.3 Å². The first-order valence-corrected chi connectivity index (χ1v) is 10.3. The maximum Gasteiger partial charge on any atom is 0.191 e. The average Bonchev–Trinajstić information content (AvgIpc) is 2.66. The van der Waals surface area contributed by atoms with Crippen LogP contribution in [-0.2, 0) is 0 Å². The van der Waals surface area contributed by atoms with Crippen LogP contribution in [0.4, 0.5) is 0 Å². The van der Waals surface area contributed by atoms with Crippen LogP contribution in [-0.4, -0.2) is 80.8 Å². The molecule has 1 aromatic carbocycles. The highest BCUT2D eigenvalue weighted by Crippen LogP contribution is 2.14. The molecule has 6 heteroatoms. The second-order valence-corrected chi connectivity index (χ2v) is 7.17. The van der Waals surface area contributed by atoms with Crippen molar-refractivity contribution in [3.05, 3.63) is 29.8 Å². The van der Waals surface area contributed by atoms with Gasteiger partial charge in [0.15, 0.2) is 5.96 Å². The Morgan fingerprint density at radius 1 is 1.15 bits per heavy atom. The first-order valence-electron chi connectivity index (χ1n) is 10.3. The second kappa shape index (κ2) is 11.8. The Balaban J connectivity index is 1.73. The SMILES string of the molecule is CCNC(=NCC(C)Oc1cccc(C)c1)NCCN1CCN(CC)CC1. The third-order valence-corrected chi connectivity index (χ3v) is 4.81. The molecule has 0 aromatic heterocycles. The predicted octanol–water partition coefficient (Wildman–Crippen LogP) is 1.95. The molecule has 1 fully saturated rings. The Morgan fingerprint density at radius 3 is 2.56 bits per heavy atom. The lowest BCUT2D eigenvalue weighted by Gasteiger charge is -2.34. The van der Waals surface area contributed by atoms with Crippen LogP contribution in [0.25, 0.3) is 0 Å². The molecular formula is C21H37N5O. The van der Waals surface area contributed by atoms with Gasteiger partial charge in [0.25, 0.3) is 0 Å². The first kappa shape index (κ1) is 21.5. The van der Waals surface area contributed by atoms with E-state index in [0.29, 0.717) is 6.54 Å². The van der Waals surface area contributed by atoms with Gasteiger partial charge >= 0.3 is 0 Å². The van der Waals surface area contributed by atoms with E-state index in [0.717, 1.165) is 51.0 Å². The van der Waals surface area contributed by atoms with Gasteiger partial charge in [0, 0.05) is 45.8 Å². The fourth-order valence-corrected chi connectivity index (χ4v) is 3.18. The van der Waals surface area contributed by atoms with Crippen LogP contribution in [0, 0.1) is 6.92 Å². The summed E-state index contributed by atoms with van der Waals surface area (Å²) >= 11 is 0. The lowest BCUT2D eigenvalue weighted by molar-refractivity contribution is 0.139. The van der Waals surface area contributed by atoms with Crippen LogP contribution in [0.1, 0.15) is 26.3 Å². The van der Waals surface area contributed by atoms with Gasteiger partial charge in [-0.05, 0) is 45.0 Å². The van der Waals surface area contributed by atoms with E-state index in [1.807, 2.05) is 12.1 Å². The Kier molecular flexibility index (Phi) is 9.42. The summed E-state index contributed by atoms with van der Waals surface area (Å²) in [6.07, 6.45) is 0.0318. The van der Waals surface area contributed by atoms with Crippen LogP contribution in [0.3, 0.4) is 0 Å². The van der Waals surface area contributed by atoms with Crippen molar-refractivity contribution in [1.29, 1.82) is 0 Å². The molecule has 1 heterocycles. The van der Waals surface area contributed by atoms with Gasteiger partial charge in [-0.25, -0.2) is 4.99 Å². The predicted molar refractivity (Wildman–Crippen MR) is 114 cm³/mol. The van der Waals surface area contributed by atoms with Gasteiger partial charge < -0.3 is 20.3 Å². The summed E-state index contributed by atoms with van der Waals surface area (Å²) in [5, 5.41) is 6.77. The number of nitrogens with zero attached hydrogens (tertiary/aromatic N) is 3. The molecule has 0 saturated carbocycles. The summed E-state index contributed by atoms with van der Waals surface area (Å²) in [6, 6.07) is 8.15. The van der Waals surface area contributed by atoms with Gasteiger partial charge in [-0.3, -0.25) is 4.90 Å². The van der Waals surface area contributed by atoms with Crippen molar-refractivity contribution in [2.24, 2.45) is 4.99 Å². The fraction of sp³-hybridized carbons (Fsp3) is 0.667. The van der Waals surface area contributed by atoms with Gasteiger partial charge in [0.1, 0.15) is 11.9 Å². The zero-order valence-electron chi connectivity index (χ0n) is 17.5. The van der Waals surface area contributed by atoms with Crippen LogP contribution in [0.2, 0.25) is 0 Å². The number of ether oxygens (including phenoxy) is 1. The van der Waals surface area contributed by atoms with Crippen molar-refractivity contribution >= 4 is 5.96 Å². The molecule has 2 rings (SSSR count). The molecule has 1 aliphatic heterocycles. The molecule has 1 saturated heterocycles. The topological polar surface area (TPSA) is 52.1 Å². The lowest BCUT2D eigenvalue weighted by atomic mass is 10.2. The second-order valence-electron chi connectivity index (χ2n) is 7.17. The zero-order chi connectivity index (χ0) is 19.5. The average molecular weight is 376 g/mol. The maximum absolute atomic E-state index is 5.97. The lowest BCUT2D eigenvalue weighted by Crippen LogP contribution is -2.49. The van der Waals surface area contributed by atoms with E-state index in [9.17, 15) is 0 Å². The largest absolute Gasteiger partial charge is 0.489 e. The third kappa shape index (κ3) is 8.18. The highest BCUT2D eigenvalue weighted by Gasteiger charge is 2.14. The Bertz CT molecular complexity index is 569. The minimum Gasteiger partial charge on any atom is -0.489 e. The molecule has 152 valence electrons. The molecule has 6 nitrogen and oxygen atoms in total. The number of rotatable bonds is 9. The first-order chi connectivity index (χ1) is 13.1. The Labute approximate surface area is 165 Å². The van der Waals surface area contributed by atoms with Crippen molar-refractivity contribution in [3.63, 3.8) is 0 Å². The minimum atomic E-state index is 0.0318. The van der Waals surface area contributed by atoms with Gasteiger partial charge in [-0.15, -0.1) is 0 Å². The summed E-state index contributed by atoms with van der Waals surface area (Å²) in [6.45, 7) is 17.7. The molecule has 2 N–H and O–H groups in total. The molecule has 1 aromatic rings. The van der Waals surface area contributed by atoms with E-state index >= 15 is 0 Å². The molecule has 1 atom stereocenters. The summed E-state index contributed by atoms with van der Waals surface area (Å²) < 4.78 is 5.97. The van der Waals surface area contributed by atoms with E-state index in [4.69, 9.17) is 4.74 Å². The van der Waals surface area contributed by atoms with Gasteiger partial charge in [0.2, 0.25) is 0 Å². The summed E-state index contributed by atoms with van der Waals surface area (Å²) in [5.41, 5.74) is 1.21. The number of hydrogen-bond donors (Lipinski definition) is 2. The van der Waals surface area contributed by atoms with Gasteiger partial charge in [-0.1, -0.05) is 19.1 Å². The smallest absolute Gasteiger partial charge is 0.191 e. The minimum absolute atomic E-state index is 0.0318. The number of piperazine rings is 1. The number of nitrogens with one attached hydrogen (secondary N) is 2. The summed E-state index contributed by atoms with van der Waals surface area (Å²) in [7, 11) is 0. The molecule has 0 radical (unpaired) electrons. The molecule has 0 amide bonds. The van der Waals surface area contributed by atoms with E-state index in [1.54, 1.807) is 0 Å². The molecule has 0 bridgehead atoms. The number of likely N-dealkylation sites (N-methyl/N-ethyl adjacent to an activating group) is 1. The Hall–Kier alpha value is -1.79. The van der Waals surface area contributed by atoms with Crippen molar-refractivity contribution in [1.82, 2.24) is 20.4 Å². The number of benzene rings is 1. The molecule has 0 spiro atoms. The summed E-state index contributed by atoms with van der Waals surface area (Å²) in [4.78, 5) is 9.71. The van der Waals surface area contributed by atoms with E-state index in [1.165, 1.54) is 18.7 Å². The normalized spacial score (nSPS) is 17.6. The molecular weight excluding hydrogens is 338 g/mol. The molecule has 0 aliphatic carbocycles. The van der Waals surface area contributed by atoms with Gasteiger partial charge in [-0.2, -0.15) is 0 Å². The van der Waals surface area contributed by atoms with Crippen molar-refractivity contribution in [2.45, 2.75) is 33.8 Å². The van der Waals surface area contributed by atoms with E-state index in [-0.39, 0.29) is 6.10 Å². The van der Waals surface area contributed by atoms with Crippen LogP contribution in [0.5, 0.6) is 5.75 Å².